The first-order chi connectivity index (χ1) is 16.0. The van der Waals surface area contributed by atoms with E-state index in [0.29, 0.717) is 5.56 Å². The molecule has 190 valence electrons. The second-order valence-electron chi connectivity index (χ2n) is 9.85. The number of aromatic carboxylic acids is 1. The fraction of sp³-hybridized carbons (Fsp3) is 0.391. The zero-order chi connectivity index (χ0) is 26.3. The van der Waals surface area contributed by atoms with Crippen LogP contribution in [0.1, 0.15) is 31.1 Å². The third-order valence-electron chi connectivity index (χ3n) is 6.29. The van der Waals surface area contributed by atoms with E-state index < -0.39 is 35.9 Å². The summed E-state index contributed by atoms with van der Waals surface area (Å²) >= 11 is 0. The lowest BCUT2D eigenvalue weighted by Gasteiger charge is -2.36. The lowest BCUT2D eigenvalue weighted by atomic mass is 10.1. The summed E-state index contributed by atoms with van der Waals surface area (Å²) in [5, 5.41) is 24.8. The zero-order valence-electron chi connectivity index (χ0n) is 20.5. The smallest absolute Gasteiger partial charge is 0.340 e. The topological polar surface area (TPSA) is 121 Å². The molecule has 2 N–H and O–H groups in total. The molecule has 0 bridgehead atoms. The molecule has 3 aromatic rings. The largest absolute Gasteiger partial charge is 0.506 e. The third-order valence-corrected chi connectivity index (χ3v) is 12.0. The van der Waals surface area contributed by atoms with Crippen LogP contribution in [0.3, 0.4) is 0 Å². The zero-order valence-corrected chi connectivity index (χ0v) is 22.4. The van der Waals surface area contributed by atoms with Crippen molar-refractivity contribution in [1.82, 2.24) is 9.61 Å². The number of carboxylic acids is 1. The van der Waals surface area contributed by atoms with Crippen molar-refractivity contribution in [2.24, 2.45) is 0 Å². The summed E-state index contributed by atoms with van der Waals surface area (Å²) < 4.78 is 46.9. The van der Waals surface area contributed by atoms with Crippen molar-refractivity contribution in [3.63, 3.8) is 0 Å². The first-order valence-electron chi connectivity index (χ1n) is 10.9. The Labute approximate surface area is 204 Å². The van der Waals surface area contributed by atoms with Crippen molar-refractivity contribution in [1.29, 1.82) is 0 Å². The Morgan fingerprint density at radius 1 is 1.23 bits per heavy atom. The van der Waals surface area contributed by atoms with E-state index in [1.54, 1.807) is 0 Å². The molecule has 2 aromatic heterocycles. The molecule has 0 aliphatic rings. The molecule has 0 aliphatic carbocycles. The van der Waals surface area contributed by atoms with Crippen LogP contribution in [0.15, 0.2) is 36.5 Å². The number of carbonyl (C=O) groups is 1. The average molecular weight is 524 g/mol. The Morgan fingerprint density at radius 3 is 2.34 bits per heavy atom. The second-order valence-corrected chi connectivity index (χ2v) is 16.6. The van der Waals surface area contributed by atoms with Crippen LogP contribution in [0, 0.1) is 5.82 Å². The molecule has 0 aliphatic heterocycles. The quantitative estimate of drug-likeness (QED) is 0.422. The van der Waals surface area contributed by atoms with Crippen LogP contribution >= 0.6 is 0 Å². The van der Waals surface area contributed by atoms with E-state index in [0.717, 1.165) is 16.6 Å². The van der Waals surface area contributed by atoms with Crippen molar-refractivity contribution in [3.8, 4) is 17.0 Å². The van der Waals surface area contributed by atoms with Crippen LogP contribution in [-0.4, -0.2) is 61.9 Å². The van der Waals surface area contributed by atoms with Crippen molar-refractivity contribution >= 4 is 35.5 Å². The SMILES string of the molecule is CC(C)(C)[Si](C)(C)OCCN(c1cn2nc(-c3ccc(F)cc3)c(C(=O)O)c2cc1O)S(C)(=O)=O. The van der Waals surface area contributed by atoms with Crippen LogP contribution < -0.4 is 4.31 Å². The molecule has 12 heteroatoms. The molecule has 0 radical (unpaired) electrons. The van der Waals surface area contributed by atoms with E-state index in [1.165, 1.54) is 35.0 Å². The summed E-state index contributed by atoms with van der Waals surface area (Å²) in [6, 6.07) is 6.31. The fourth-order valence-corrected chi connectivity index (χ4v) is 5.29. The number of fused-ring (bicyclic) bond motifs is 1. The van der Waals surface area contributed by atoms with Crippen molar-refractivity contribution in [3.05, 3.63) is 47.9 Å². The highest BCUT2D eigenvalue weighted by Gasteiger charge is 2.37. The van der Waals surface area contributed by atoms with Gasteiger partial charge >= 0.3 is 5.97 Å². The number of halogens is 1. The maximum atomic E-state index is 13.4. The minimum Gasteiger partial charge on any atom is -0.506 e. The first kappa shape index (κ1) is 26.6. The molecule has 9 nitrogen and oxygen atoms in total. The Kier molecular flexibility index (Phi) is 7.04. The van der Waals surface area contributed by atoms with Crippen LogP contribution in [0.25, 0.3) is 16.8 Å². The van der Waals surface area contributed by atoms with E-state index >= 15 is 0 Å². The number of aromatic hydroxyl groups is 1. The van der Waals surface area contributed by atoms with Crippen LogP contribution in [-0.2, 0) is 14.4 Å². The predicted molar refractivity (Wildman–Crippen MR) is 135 cm³/mol. The molecule has 0 fully saturated rings. The van der Waals surface area contributed by atoms with Crippen molar-refractivity contribution in [2.75, 3.05) is 23.7 Å². The van der Waals surface area contributed by atoms with Gasteiger partial charge in [-0.25, -0.2) is 22.1 Å². The molecule has 0 amide bonds. The number of benzene rings is 1. The molecular formula is C23H30FN3O6SSi. The standard InChI is InChI=1S/C23H30FN3O6SSi/c1-23(2,3)35(5,6)33-12-11-27(34(4,31)32)18-14-26-17(13-19(18)28)20(22(29)30)21(25-26)15-7-9-16(24)10-8-15/h7-10,13-14,28H,11-12H2,1-6H3,(H,29,30). The van der Waals surface area contributed by atoms with E-state index in [-0.39, 0.29) is 40.7 Å². The van der Waals surface area contributed by atoms with Crippen molar-refractivity contribution < 1.29 is 32.2 Å². The second kappa shape index (κ2) is 9.24. The van der Waals surface area contributed by atoms with Gasteiger partial charge in [0.05, 0.1) is 31.1 Å². The molecule has 35 heavy (non-hydrogen) atoms. The lowest BCUT2D eigenvalue weighted by molar-refractivity contribution is 0.0699. The molecular weight excluding hydrogens is 493 g/mol. The number of carboxylic acid groups (broad SMARTS) is 1. The normalized spacial score (nSPS) is 12.8. The number of sulfonamides is 1. The highest BCUT2D eigenvalue weighted by atomic mass is 32.2. The summed E-state index contributed by atoms with van der Waals surface area (Å²) in [7, 11) is -5.97. The molecule has 0 saturated heterocycles. The van der Waals surface area contributed by atoms with Gasteiger partial charge in [0.2, 0.25) is 10.0 Å². The van der Waals surface area contributed by atoms with Gasteiger partial charge in [-0.2, -0.15) is 5.10 Å². The first-order valence-corrected chi connectivity index (χ1v) is 15.6. The molecule has 3 rings (SSSR count). The van der Waals surface area contributed by atoms with Gasteiger partial charge in [-0.05, 0) is 42.4 Å². The van der Waals surface area contributed by atoms with Gasteiger partial charge in [-0.3, -0.25) is 4.31 Å². The van der Waals surface area contributed by atoms with Gasteiger partial charge in [-0.15, -0.1) is 0 Å². The summed E-state index contributed by atoms with van der Waals surface area (Å²) in [4.78, 5) is 12.0. The maximum absolute atomic E-state index is 13.4. The van der Waals surface area contributed by atoms with Crippen LogP contribution in [0.5, 0.6) is 5.75 Å². The highest BCUT2D eigenvalue weighted by Crippen LogP contribution is 2.37. The molecule has 0 saturated carbocycles. The summed E-state index contributed by atoms with van der Waals surface area (Å²) in [6.07, 6.45) is 2.27. The molecule has 0 atom stereocenters. The highest BCUT2D eigenvalue weighted by molar-refractivity contribution is 7.92. The minimum absolute atomic E-state index is 0.0533. The molecule has 2 heterocycles. The fourth-order valence-electron chi connectivity index (χ4n) is 3.35. The Morgan fingerprint density at radius 2 is 1.83 bits per heavy atom. The minimum atomic E-state index is -3.83. The van der Waals surface area contributed by atoms with Gasteiger partial charge in [0, 0.05) is 11.6 Å². The molecule has 1 aromatic carbocycles. The number of hydrogen-bond donors (Lipinski definition) is 2. The van der Waals surface area contributed by atoms with Gasteiger partial charge < -0.3 is 14.6 Å². The van der Waals surface area contributed by atoms with E-state index in [9.17, 15) is 27.8 Å². The number of hydrogen-bond acceptors (Lipinski definition) is 6. The third kappa shape index (κ3) is 5.49. The Hall–Kier alpha value is -2.96. The van der Waals surface area contributed by atoms with Gasteiger partial charge in [-0.1, -0.05) is 20.8 Å². The molecule has 0 unspecified atom stereocenters. The van der Waals surface area contributed by atoms with E-state index in [2.05, 4.69) is 39.0 Å². The number of rotatable bonds is 8. The number of nitrogens with zero attached hydrogens (tertiary/aromatic N) is 3. The number of pyridine rings is 1. The summed E-state index contributed by atoms with van der Waals surface area (Å²) in [6.45, 7) is 10.4. The number of aromatic nitrogens is 2. The van der Waals surface area contributed by atoms with Crippen molar-refractivity contribution in [2.45, 2.75) is 38.9 Å². The van der Waals surface area contributed by atoms with Gasteiger partial charge in [0.15, 0.2) is 8.32 Å². The average Bonchev–Trinajstić information content (AvgIpc) is 3.08. The van der Waals surface area contributed by atoms with E-state index in [1.807, 2.05) is 0 Å². The van der Waals surface area contributed by atoms with Gasteiger partial charge in [0.25, 0.3) is 0 Å². The molecule has 0 spiro atoms. The number of anilines is 1. The predicted octanol–water partition coefficient (Wildman–Crippen LogP) is 4.33. The summed E-state index contributed by atoms with van der Waals surface area (Å²) in [5.74, 6) is -2.21. The van der Waals surface area contributed by atoms with Crippen LogP contribution in [0.2, 0.25) is 18.1 Å². The maximum Gasteiger partial charge on any atom is 0.340 e. The Bertz CT molecular complexity index is 1360. The van der Waals surface area contributed by atoms with Crippen LogP contribution in [0.4, 0.5) is 10.1 Å². The van der Waals surface area contributed by atoms with E-state index in [4.69, 9.17) is 4.43 Å². The lowest BCUT2D eigenvalue weighted by Crippen LogP contribution is -2.43. The Balaban J connectivity index is 2.07. The monoisotopic (exact) mass is 523 g/mol. The van der Waals surface area contributed by atoms with Gasteiger partial charge in [0.1, 0.15) is 28.5 Å². The summed E-state index contributed by atoms with van der Waals surface area (Å²) in [5.41, 5.74) is 0.205.